The molecule has 1 aliphatic heterocycles. The molecule has 0 radical (unpaired) electrons. The highest BCUT2D eigenvalue weighted by Crippen LogP contribution is 2.34. The molecule has 1 aliphatic carbocycles. The number of carbonyl (C=O) groups excluding carboxylic acids is 2. The minimum absolute atomic E-state index is 0.0487. The number of hydrogen-bond acceptors (Lipinski definition) is 2. The zero-order valence-electron chi connectivity index (χ0n) is 14.5. The Morgan fingerprint density at radius 1 is 1.04 bits per heavy atom. The second-order valence-electron chi connectivity index (χ2n) is 7.05. The van der Waals surface area contributed by atoms with Crippen molar-refractivity contribution in [2.45, 2.75) is 31.7 Å². The smallest absolute Gasteiger partial charge is 0.254 e. The van der Waals surface area contributed by atoms with Gasteiger partial charge >= 0.3 is 0 Å². The van der Waals surface area contributed by atoms with E-state index in [1.54, 1.807) is 12.1 Å². The Hall–Kier alpha value is -2.14. The van der Waals surface area contributed by atoms with Gasteiger partial charge in [-0.25, -0.2) is 0 Å². The first kappa shape index (κ1) is 17.3. The van der Waals surface area contributed by atoms with E-state index >= 15 is 0 Å². The topological polar surface area (TPSA) is 49.4 Å². The molecule has 0 spiro atoms. The summed E-state index contributed by atoms with van der Waals surface area (Å²) in [5.74, 6) is 0.303. The average molecular weight is 413 g/mol. The first-order chi connectivity index (χ1) is 12.6. The largest absolute Gasteiger partial charge is 0.332 e. The fraction of sp³-hybridized carbons (Fsp3) is 0.333. The Morgan fingerprint density at radius 2 is 1.81 bits per heavy atom. The molecule has 4 rings (SSSR count). The predicted molar refractivity (Wildman–Crippen MR) is 105 cm³/mol. The molecule has 1 heterocycles. The van der Waals surface area contributed by atoms with Gasteiger partial charge in [-0.2, -0.15) is 0 Å². The van der Waals surface area contributed by atoms with Gasteiger partial charge in [-0.3, -0.25) is 9.59 Å². The lowest BCUT2D eigenvalue weighted by Gasteiger charge is -2.25. The summed E-state index contributed by atoms with van der Waals surface area (Å²) in [7, 11) is 0. The van der Waals surface area contributed by atoms with Gasteiger partial charge in [-0.1, -0.05) is 28.1 Å². The number of benzene rings is 2. The van der Waals surface area contributed by atoms with Crippen molar-refractivity contribution in [3.05, 3.63) is 64.1 Å². The molecule has 1 saturated heterocycles. The van der Waals surface area contributed by atoms with Crippen LogP contribution in [-0.4, -0.2) is 23.3 Å². The Bertz CT molecular complexity index is 830. The zero-order chi connectivity index (χ0) is 18.1. The second kappa shape index (κ2) is 7.23. The molecule has 2 aromatic rings. The van der Waals surface area contributed by atoms with Gasteiger partial charge in [0.25, 0.3) is 5.91 Å². The van der Waals surface area contributed by atoms with Crippen LogP contribution in [0.5, 0.6) is 0 Å². The Morgan fingerprint density at radius 3 is 2.50 bits per heavy atom. The van der Waals surface area contributed by atoms with Crippen LogP contribution in [0.3, 0.4) is 0 Å². The standard InChI is InChI=1S/C21H21BrN2O2/c22-17-4-1-3-16(13-17)19-5-2-12-24(19)21(26)15-8-10-18(11-9-15)23-20(25)14-6-7-14/h1,3-4,8-11,13-14,19H,2,5-7,12H2,(H,23,25). The van der Waals surface area contributed by atoms with Crippen molar-refractivity contribution in [3.8, 4) is 0 Å². The lowest BCUT2D eigenvalue weighted by molar-refractivity contribution is -0.117. The van der Waals surface area contributed by atoms with Gasteiger partial charge in [0.15, 0.2) is 0 Å². The van der Waals surface area contributed by atoms with Crippen molar-refractivity contribution in [1.29, 1.82) is 0 Å². The van der Waals surface area contributed by atoms with Crippen molar-refractivity contribution in [3.63, 3.8) is 0 Å². The van der Waals surface area contributed by atoms with Crippen LogP contribution in [-0.2, 0) is 4.79 Å². The molecule has 2 aromatic carbocycles. The highest BCUT2D eigenvalue weighted by molar-refractivity contribution is 9.10. The molecule has 4 nitrogen and oxygen atoms in total. The summed E-state index contributed by atoms with van der Waals surface area (Å²) in [5.41, 5.74) is 2.58. The van der Waals surface area contributed by atoms with E-state index in [2.05, 4.69) is 33.4 Å². The van der Waals surface area contributed by atoms with Crippen LogP contribution in [0.25, 0.3) is 0 Å². The molecule has 5 heteroatoms. The normalized spacial score (nSPS) is 19.4. The second-order valence-corrected chi connectivity index (χ2v) is 7.97. The summed E-state index contributed by atoms with van der Waals surface area (Å²) in [6.45, 7) is 0.774. The molecule has 1 atom stereocenters. The van der Waals surface area contributed by atoms with Gasteiger partial charge in [0.1, 0.15) is 0 Å². The Kier molecular flexibility index (Phi) is 4.81. The van der Waals surface area contributed by atoms with E-state index in [1.165, 1.54) is 5.56 Å². The summed E-state index contributed by atoms with van der Waals surface area (Å²) >= 11 is 3.52. The minimum atomic E-state index is 0.0487. The number of nitrogens with one attached hydrogen (secondary N) is 1. The fourth-order valence-electron chi connectivity index (χ4n) is 3.52. The number of halogens is 1. The van der Waals surface area contributed by atoms with Crippen LogP contribution in [0.1, 0.15) is 47.6 Å². The van der Waals surface area contributed by atoms with Crippen molar-refractivity contribution in [2.75, 3.05) is 11.9 Å². The number of amides is 2. The molecule has 0 aromatic heterocycles. The van der Waals surface area contributed by atoms with Gasteiger partial charge in [-0.15, -0.1) is 0 Å². The van der Waals surface area contributed by atoms with Crippen LogP contribution >= 0.6 is 15.9 Å². The third-order valence-electron chi connectivity index (χ3n) is 5.09. The van der Waals surface area contributed by atoms with E-state index in [4.69, 9.17) is 0 Å². The first-order valence-electron chi connectivity index (χ1n) is 9.09. The average Bonchev–Trinajstić information content (AvgIpc) is 3.39. The van der Waals surface area contributed by atoms with Crippen LogP contribution in [0.2, 0.25) is 0 Å². The number of anilines is 1. The van der Waals surface area contributed by atoms with Crippen LogP contribution < -0.4 is 5.32 Å². The van der Waals surface area contributed by atoms with Crippen molar-refractivity contribution < 1.29 is 9.59 Å². The maximum atomic E-state index is 13.0. The number of rotatable bonds is 4. The SMILES string of the molecule is O=C(Nc1ccc(C(=O)N2CCCC2c2cccc(Br)c2)cc1)C1CC1. The Balaban J connectivity index is 1.48. The summed E-state index contributed by atoms with van der Waals surface area (Å²) in [4.78, 5) is 26.8. The van der Waals surface area contributed by atoms with Crippen molar-refractivity contribution in [1.82, 2.24) is 4.90 Å². The predicted octanol–water partition coefficient (Wildman–Crippen LogP) is 4.77. The van der Waals surface area contributed by atoms with E-state index < -0.39 is 0 Å². The molecule has 1 unspecified atom stereocenters. The number of likely N-dealkylation sites (tertiary alicyclic amines) is 1. The van der Waals surface area contributed by atoms with E-state index in [0.717, 1.165) is 42.4 Å². The first-order valence-corrected chi connectivity index (χ1v) is 9.88. The molecular formula is C21H21BrN2O2. The third kappa shape index (κ3) is 3.68. The van der Waals surface area contributed by atoms with Gasteiger partial charge < -0.3 is 10.2 Å². The maximum Gasteiger partial charge on any atom is 0.254 e. The third-order valence-corrected chi connectivity index (χ3v) is 5.59. The van der Waals surface area contributed by atoms with Crippen molar-refractivity contribution in [2.24, 2.45) is 5.92 Å². The summed E-state index contributed by atoms with van der Waals surface area (Å²) in [5, 5.41) is 2.91. The summed E-state index contributed by atoms with van der Waals surface area (Å²) in [6.07, 6.45) is 3.96. The molecule has 26 heavy (non-hydrogen) atoms. The molecule has 2 aliphatic rings. The molecule has 1 saturated carbocycles. The van der Waals surface area contributed by atoms with Gasteiger partial charge in [0.05, 0.1) is 6.04 Å². The zero-order valence-corrected chi connectivity index (χ0v) is 16.0. The van der Waals surface area contributed by atoms with E-state index in [-0.39, 0.29) is 23.8 Å². The van der Waals surface area contributed by atoms with Gasteiger partial charge in [-0.05, 0) is 67.6 Å². The lowest BCUT2D eigenvalue weighted by Crippen LogP contribution is -2.30. The molecule has 2 amide bonds. The van der Waals surface area contributed by atoms with E-state index in [0.29, 0.717) is 5.56 Å². The lowest BCUT2D eigenvalue weighted by atomic mass is 10.0. The van der Waals surface area contributed by atoms with Crippen LogP contribution in [0.4, 0.5) is 5.69 Å². The van der Waals surface area contributed by atoms with E-state index in [9.17, 15) is 9.59 Å². The monoisotopic (exact) mass is 412 g/mol. The Labute approximate surface area is 161 Å². The van der Waals surface area contributed by atoms with Gasteiger partial charge in [0.2, 0.25) is 5.91 Å². The highest BCUT2D eigenvalue weighted by Gasteiger charge is 2.31. The number of nitrogens with zero attached hydrogens (tertiary/aromatic N) is 1. The van der Waals surface area contributed by atoms with Crippen LogP contribution in [0.15, 0.2) is 53.0 Å². The maximum absolute atomic E-state index is 13.0. The fourth-order valence-corrected chi connectivity index (χ4v) is 3.94. The minimum Gasteiger partial charge on any atom is -0.332 e. The molecule has 1 N–H and O–H groups in total. The molecular weight excluding hydrogens is 392 g/mol. The van der Waals surface area contributed by atoms with Crippen molar-refractivity contribution >= 4 is 33.4 Å². The highest BCUT2D eigenvalue weighted by atomic mass is 79.9. The molecule has 2 fully saturated rings. The van der Waals surface area contributed by atoms with Crippen LogP contribution in [0, 0.1) is 5.92 Å². The van der Waals surface area contributed by atoms with Gasteiger partial charge in [0, 0.05) is 28.2 Å². The quantitative estimate of drug-likeness (QED) is 0.785. The number of carbonyl (C=O) groups is 2. The summed E-state index contributed by atoms with van der Waals surface area (Å²) in [6, 6.07) is 15.5. The molecule has 0 bridgehead atoms. The summed E-state index contributed by atoms with van der Waals surface area (Å²) < 4.78 is 1.03. The number of hydrogen-bond donors (Lipinski definition) is 1. The van der Waals surface area contributed by atoms with E-state index in [1.807, 2.05) is 29.2 Å². The molecule has 134 valence electrons.